The van der Waals surface area contributed by atoms with Crippen LogP contribution in [0.15, 0.2) is 18.3 Å². The average molecular weight is 235 g/mol. The maximum atomic E-state index is 3.47. The second-order valence-electron chi connectivity index (χ2n) is 4.92. The molecule has 2 heterocycles. The predicted octanol–water partition coefficient (Wildman–Crippen LogP) is 2.08. The maximum absolute atomic E-state index is 3.47. The summed E-state index contributed by atoms with van der Waals surface area (Å²) in [6.45, 7) is 9.25. The van der Waals surface area contributed by atoms with E-state index in [4.69, 9.17) is 0 Å². The van der Waals surface area contributed by atoms with Crippen molar-refractivity contribution in [2.75, 3.05) is 26.2 Å². The van der Waals surface area contributed by atoms with Crippen LogP contribution >= 0.6 is 0 Å². The van der Waals surface area contributed by atoms with Gasteiger partial charge in [0.15, 0.2) is 0 Å². The van der Waals surface area contributed by atoms with Gasteiger partial charge in [0.1, 0.15) is 0 Å². The first kappa shape index (κ1) is 12.7. The zero-order valence-corrected chi connectivity index (χ0v) is 11.0. The predicted molar refractivity (Wildman–Crippen MR) is 72.1 cm³/mol. The summed E-state index contributed by atoms with van der Waals surface area (Å²) in [6.07, 6.45) is 6.18. The molecule has 0 aliphatic carbocycles. The standard InChI is InChI=1S/C14H25N3/c1-2-7-15-13-14-6-5-10-17(14)12-11-16-8-3-4-9-16/h5-6,10,15H,2-4,7-9,11-13H2,1H3. The lowest BCUT2D eigenvalue weighted by atomic mass is 10.4. The highest BCUT2D eigenvalue weighted by molar-refractivity contribution is 5.06. The summed E-state index contributed by atoms with van der Waals surface area (Å²) in [5.41, 5.74) is 1.41. The molecule has 0 aromatic carbocycles. The number of hydrogen-bond acceptors (Lipinski definition) is 2. The molecule has 0 unspecified atom stereocenters. The van der Waals surface area contributed by atoms with Gasteiger partial charge in [0.25, 0.3) is 0 Å². The summed E-state index contributed by atoms with van der Waals surface area (Å²) in [7, 11) is 0. The van der Waals surface area contributed by atoms with Crippen LogP contribution in [0.3, 0.4) is 0 Å². The van der Waals surface area contributed by atoms with Gasteiger partial charge in [0.2, 0.25) is 0 Å². The number of nitrogens with one attached hydrogen (secondary N) is 1. The zero-order chi connectivity index (χ0) is 11.9. The fraction of sp³-hybridized carbons (Fsp3) is 0.714. The van der Waals surface area contributed by atoms with E-state index in [1.54, 1.807) is 0 Å². The van der Waals surface area contributed by atoms with Crippen molar-refractivity contribution in [1.29, 1.82) is 0 Å². The molecule has 3 nitrogen and oxygen atoms in total. The molecule has 1 fully saturated rings. The van der Waals surface area contributed by atoms with Crippen LogP contribution in [0.4, 0.5) is 0 Å². The zero-order valence-electron chi connectivity index (χ0n) is 11.0. The second-order valence-corrected chi connectivity index (χ2v) is 4.92. The quantitative estimate of drug-likeness (QED) is 0.730. The van der Waals surface area contributed by atoms with E-state index in [-0.39, 0.29) is 0 Å². The Labute approximate surface area is 105 Å². The fourth-order valence-electron chi connectivity index (χ4n) is 2.48. The van der Waals surface area contributed by atoms with Crippen LogP contribution in [0.1, 0.15) is 31.9 Å². The molecule has 0 amide bonds. The summed E-state index contributed by atoms with van der Waals surface area (Å²) in [5.74, 6) is 0. The Bertz CT molecular complexity index is 313. The molecule has 1 N–H and O–H groups in total. The molecular formula is C14H25N3. The second kappa shape index (κ2) is 6.82. The van der Waals surface area contributed by atoms with E-state index in [1.807, 2.05) is 0 Å². The van der Waals surface area contributed by atoms with Crippen LogP contribution in [-0.2, 0) is 13.1 Å². The molecule has 3 heteroatoms. The largest absolute Gasteiger partial charge is 0.349 e. The summed E-state index contributed by atoms with van der Waals surface area (Å²) in [5, 5.41) is 3.47. The van der Waals surface area contributed by atoms with Crippen LogP contribution in [0.2, 0.25) is 0 Å². The first-order chi connectivity index (χ1) is 8.40. The van der Waals surface area contributed by atoms with Gasteiger partial charge in [-0.15, -0.1) is 0 Å². The molecule has 96 valence electrons. The molecule has 0 radical (unpaired) electrons. The third-order valence-electron chi connectivity index (χ3n) is 3.51. The topological polar surface area (TPSA) is 20.2 Å². The smallest absolute Gasteiger partial charge is 0.0359 e. The van der Waals surface area contributed by atoms with E-state index in [1.165, 1.54) is 44.6 Å². The van der Waals surface area contributed by atoms with E-state index >= 15 is 0 Å². The highest BCUT2D eigenvalue weighted by Crippen LogP contribution is 2.08. The number of likely N-dealkylation sites (tertiary alicyclic amines) is 1. The minimum Gasteiger partial charge on any atom is -0.349 e. The van der Waals surface area contributed by atoms with Crippen LogP contribution in [-0.4, -0.2) is 35.6 Å². The van der Waals surface area contributed by atoms with Gasteiger partial charge in [-0.1, -0.05) is 6.92 Å². The molecule has 2 rings (SSSR count). The van der Waals surface area contributed by atoms with E-state index in [0.29, 0.717) is 0 Å². The molecular weight excluding hydrogens is 210 g/mol. The Morgan fingerprint density at radius 2 is 2.06 bits per heavy atom. The fourth-order valence-corrected chi connectivity index (χ4v) is 2.48. The number of nitrogens with zero attached hydrogens (tertiary/aromatic N) is 2. The molecule has 1 saturated heterocycles. The van der Waals surface area contributed by atoms with E-state index in [0.717, 1.165) is 19.6 Å². The first-order valence-corrected chi connectivity index (χ1v) is 6.97. The number of aromatic nitrogens is 1. The molecule has 1 aliphatic rings. The third-order valence-corrected chi connectivity index (χ3v) is 3.51. The van der Waals surface area contributed by atoms with Gasteiger partial charge in [0.05, 0.1) is 0 Å². The van der Waals surface area contributed by atoms with Crippen molar-refractivity contribution < 1.29 is 0 Å². The van der Waals surface area contributed by atoms with Gasteiger partial charge < -0.3 is 14.8 Å². The Morgan fingerprint density at radius 3 is 2.82 bits per heavy atom. The molecule has 1 aromatic rings. The Balaban J connectivity index is 1.76. The molecule has 0 saturated carbocycles. The van der Waals surface area contributed by atoms with Crippen molar-refractivity contribution in [3.05, 3.63) is 24.0 Å². The molecule has 0 atom stereocenters. The highest BCUT2D eigenvalue weighted by Gasteiger charge is 2.11. The maximum Gasteiger partial charge on any atom is 0.0359 e. The van der Waals surface area contributed by atoms with Gasteiger partial charge in [-0.2, -0.15) is 0 Å². The van der Waals surface area contributed by atoms with Gasteiger partial charge in [0, 0.05) is 31.5 Å². The van der Waals surface area contributed by atoms with Gasteiger partial charge >= 0.3 is 0 Å². The highest BCUT2D eigenvalue weighted by atomic mass is 15.2. The first-order valence-electron chi connectivity index (χ1n) is 6.97. The molecule has 0 spiro atoms. The molecule has 0 bridgehead atoms. The van der Waals surface area contributed by atoms with Gasteiger partial charge in [-0.05, 0) is 51.0 Å². The van der Waals surface area contributed by atoms with E-state index < -0.39 is 0 Å². The lowest BCUT2D eigenvalue weighted by Crippen LogP contribution is -2.25. The lowest BCUT2D eigenvalue weighted by molar-refractivity contribution is 0.320. The van der Waals surface area contributed by atoms with Crippen LogP contribution < -0.4 is 5.32 Å². The molecule has 1 aromatic heterocycles. The van der Waals surface area contributed by atoms with Crippen molar-refractivity contribution in [2.24, 2.45) is 0 Å². The monoisotopic (exact) mass is 235 g/mol. The van der Waals surface area contributed by atoms with Crippen LogP contribution in [0, 0.1) is 0 Å². The summed E-state index contributed by atoms with van der Waals surface area (Å²) < 4.78 is 2.39. The normalized spacial score (nSPS) is 16.8. The minimum atomic E-state index is 1.00. The molecule has 17 heavy (non-hydrogen) atoms. The van der Waals surface area contributed by atoms with Crippen molar-refractivity contribution in [3.8, 4) is 0 Å². The number of hydrogen-bond donors (Lipinski definition) is 1. The van der Waals surface area contributed by atoms with Gasteiger partial charge in [-0.25, -0.2) is 0 Å². The SMILES string of the molecule is CCCNCc1cccn1CCN1CCCC1. The lowest BCUT2D eigenvalue weighted by Gasteiger charge is -2.16. The average Bonchev–Trinajstić information content (AvgIpc) is 2.97. The summed E-state index contributed by atoms with van der Waals surface area (Å²) >= 11 is 0. The summed E-state index contributed by atoms with van der Waals surface area (Å²) in [6, 6.07) is 4.39. The van der Waals surface area contributed by atoms with Crippen molar-refractivity contribution in [1.82, 2.24) is 14.8 Å². The van der Waals surface area contributed by atoms with Crippen molar-refractivity contribution in [2.45, 2.75) is 39.3 Å². The van der Waals surface area contributed by atoms with Gasteiger partial charge in [-0.3, -0.25) is 0 Å². The number of rotatable bonds is 7. The minimum absolute atomic E-state index is 1.00. The van der Waals surface area contributed by atoms with Crippen LogP contribution in [0.5, 0.6) is 0 Å². The van der Waals surface area contributed by atoms with E-state index in [9.17, 15) is 0 Å². The Kier molecular flexibility index (Phi) is 5.08. The Morgan fingerprint density at radius 1 is 1.24 bits per heavy atom. The molecule has 1 aliphatic heterocycles. The van der Waals surface area contributed by atoms with Crippen molar-refractivity contribution in [3.63, 3.8) is 0 Å². The van der Waals surface area contributed by atoms with E-state index in [2.05, 4.69) is 40.0 Å². The van der Waals surface area contributed by atoms with Crippen LogP contribution in [0.25, 0.3) is 0 Å². The summed E-state index contributed by atoms with van der Waals surface area (Å²) in [4.78, 5) is 2.57. The van der Waals surface area contributed by atoms with Crippen molar-refractivity contribution >= 4 is 0 Å². The Hall–Kier alpha value is -0.800. The third kappa shape index (κ3) is 3.86.